The van der Waals surface area contributed by atoms with Crippen molar-refractivity contribution >= 4 is 40.1 Å². The third kappa shape index (κ3) is 4.31. The lowest BCUT2D eigenvalue weighted by Gasteiger charge is -2.33. The van der Waals surface area contributed by atoms with E-state index in [1.165, 1.54) is 23.7 Å². The van der Waals surface area contributed by atoms with Gasteiger partial charge in [0.25, 0.3) is 0 Å². The van der Waals surface area contributed by atoms with Crippen molar-refractivity contribution in [2.75, 3.05) is 22.4 Å². The van der Waals surface area contributed by atoms with Crippen molar-refractivity contribution in [1.29, 1.82) is 0 Å². The zero-order valence-corrected chi connectivity index (χ0v) is 13.8. The molecule has 0 radical (unpaired) electrons. The van der Waals surface area contributed by atoms with Crippen LogP contribution in [0.1, 0.15) is 19.3 Å². The van der Waals surface area contributed by atoms with Crippen LogP contribution in [0.2, 0.25) is 5.02 Å². The van der Waals surface area contributed by atoms with Gasteiger partial charge in [0.2, 0.25) is 5.95 Å². The Bertz CT molecular complexity index is 402. The van der Waals surface area contributed by atoms with Crippen LogP contribution >= 0.6 is 34.2 Å². The average molecular weight is 392 g/mol. The highest BCUT2D eigenvalue weighted by Crippen LogP contribution is 2.27. The first-order valence-corrected chi connectivity index (χ1v) is 8.54. The van der Waals surface area contributed by atoms with Gasteiger partial charge in [-0.2, -0.15) is 0 Å². The van der Waals surface area contributed by atoms with Crippen molar-refractivity contribution in [3.8, 4) is 0 Å². The number of anilines is 1. The van der Waals surface area contributed by atoms with Crippen LogP contribution < -0.4 is 4.90 Å². The Balaban J connectivity index is 1.85. The van der Waals surface area contributed by atoms with E-state index in [-0.39, 0.29) is 0 Å². The molecule has 1 aromatic heterocycles. The minimum atomic E-state index is 0.592. The molecule has 5 heteroatoms. The first-order valence-electron chi connectivity index (χ1n) is 6.64. The number of alkyl halides is 1. The van der Waals surface area contributed by atoms with Gasteiger partial charge in [-0.05, 0) is 31.1 Å². The Hall–Kier alpha value is -0.360. The third-order valence-corrected chi connectivity index (χ3v) is 5.00. The molecule has 1 aliphatic rings. The van der Waals surface area contributed by atoms with Crippen LogP contribution in [0, 0.1) is 11.8 Å². The number of nitrogens with zero attached hydrogens (tertiary/aromatic N) is 3. The van der Waals surface area contributed by atoms with Crippen molar-refractivity contribution in [3.05, 3.63) is 30.1 Å². The van der Waals surface area contributed by atoms with Gasteiger partial charge in [0.05, 0.1) is 17.4 Å². The van der Waals surface area contributed by atoms with E-state index >= 15 is 0 Å². The van der Waals surface area contributed by atoms with Gasteiger partial charge in [-0.15, -0.1) is 6.58 Å². The Morgan fingerprint density at radius 2 is 2.05 bits per heavy atom. The lowest BCUT2D eigenvalue weighted by Crippen LogP contribution is -2.35. The fourth-order valence-corrected chi connectivity index (χ4v) is 3.30. The predicted octanol–water partition coefficient (Wildman–Crippen LogP) is 3.97. The Labute approximate surface area is 133 Å². The van der Waals surface area contributed by atoms with Crippen LogP contribution in [0.3, 0.4) is 0 Å². The minimum absolute atomic E-state index is 0.592. The molecular formula is C14H19ClIN3. The van der Waals surface area contributed by atoms with Gasteiger partial charge in [-0.3, -0.25) is 0 Å². The summed E-state index contributed by atoms with van der Waals surface area (Å²) in [5.41, 5.74) is 0. The average Bonchev–Trinajstić information content (AvgIpc) is 2.46. The van der Waals surface area contributed by atoms with Gasteiger partial charge in [-0.1, -0.05) is 40.3 Å². The highest BCUT2D eigenvalue weighted by atomic mass is 127. The van der Waals surface area contributed by atoms with Crippen molar-refractivity contribution in [1.82, 2.24) is 9.97 Å². The van der Waals surface area contributed by atoms with E-state index in [0.29, 0.717) is 10.9 Å². The molecule has 0 N–H and O–H groups in total. The van der Waals surface area contributed by atoms with Crippen LogP contribution in [-0.2, 0) is 0 Å². The molecule has 0 unspecified atom stereocenters. The molecular weight excluding hydrogens is 373 g/mol. The second-order valence-corrected chi connectivity index (χ2v) is 6.33. The van der Waals surface area contributed by atoms with E-state index in [0.717, 1.165) is 25.0 Å². The first kappa shape index (κ1) is 15.0. The molecule has 0 aromatic carbocycles. The van der Waals surface area contributed by atoms with E-state index in [1.54, 1.807) is 12.4 Å². The van der Waals surface area contributed by atoms with Crippen LogP contribution in [0.15, 0.2) is 25.0 Å². The highest BCUT2D eigenvalue weighted by Gasteiger charge is 2.22. The number of aromatic nitrogens is 2. The highest BCUT2D eigenvalue weighted by molar-refractivity contribution is 14.1. The molecule has 0 saturated carbocycles. The number of hydrogen-bond acceptors (Lipinski definition) is 3. The summed E-state index contributed by atoms with van der Waals surface area (Å²) in [6, 6.07) is 0. The SMILES string of the molecule is C=C[C@@H](CI)CC1CCN(c2ncc(Cl)cn2)CC1. The smallest absolute Gasteiger partial charge is 0.225 e. The summed E-state index contributed by atoms with van der Waals surface area (Å²) in [5.74, 6) is 2.27. The number of halogens is 2. The summed E-state index contributed by atoms with van der Waals surface area (Å²) in [5, 5.41) is 0.592. The molecule has 0 spiro atoms. The van der Waals surface area contributed by atoms with Crippen molar-refractivity contribution in [2.45, 2.75) is 19.3 Å². The second-order valence-electron chi connectivity index (χ2n) is 5.02. The van der Waals surface area contributed by atoms with Gasteiger partial charge in [0, 0.05) is 17.5 Å². The fourth-order valence-electron chi connectivity index (χ4n) is 2.49. The van der Waals surface area contributed by atoms with E-state index in [9.17, 15) is 0 Å². The quantitative estimate of drug-likeness (QED) is 0.432. The predicted molar refractivity (Wildman–Crippen MR) is 89.2 cm³/mol. The maximum absolute atomic E-state index is 5.81. The Morgan fingerprint density at radius 3 is 2.58 bits per heavy atom. The van der Waals surface area contributed by atoms with Gasteiger partial charge in [-0.25, -0.2) is 9.97 Å². The molecule has 1 aromatic rings. The number of hydrogen-bond donors (Lipinski definition) is 0. The summed E-state index contributed by atoms with van der Waals surface area (Å²) in [6.45, 7) is 6.00. The standard InChI is InChI=1S/C14H19ClIN3/c1-2-11(8-16)7-12-3-5-19(6-4-12)14-17-9-13(15)10-18-14/h2,9-12H,1,3-8H2/t11-/m1/s1. The molecule has 0 aliphatic carbocycles. The van der Waals surface area contributed by atoms with Gasteiger partial charge >= 0.3 is 0 Å². The summed E-state index contributed by atoms with van der Waals surface area (Å²) in [7, 11) is 0. The molecule has 1 saturated heterocycles. The summed E-state index contributed by atoms with van der Waals surface area (Å²) < 4.78 is 1.17. The van der Waals surface area contributed by atoms with Gasteiger partial charge in [0.15, 0.2) is 0 Å². The normalized spacial score (nSPS) is 18.3. The van der Waals surface area contributed by atoms with Gasteiger partial charge in [0.1, 0.15) is 0 Å². The zero-order valence-electron chi connectivity index (χ0n) is 10.9. The topological polar surface area (TPSA) is 29.0 Å². The van der Waals surface area contributed by atoms with E-state index in [1.807, 2.05) is 0 Å². The molecule has 0 bridgehead atoms. The van der Waals surface area contributed by atoms with E-state index in [4.69, 9.17) is 11.6 Å². The second kappa shape index (κ2) is 7.43. The lowest BCUT2D eigenvalue weighted by molar-refractivity contribution is 0.353. The molecule has 3 nitrogen and oxygen atoms in total. The Kier molecular flexibility index (Phi) is 5.88. The van der Waals surface area contributed by atoms with Crippen LogP contribution in [0.5, 0.6) is 0 Å². The number of rotatable bonds is 5. The van der Waals surface area contributed by atoms with Crippen LogP contribution in [0.25, 0.3) is 0 Å². The monoisotopic (exact) mass is 391 g/mol. The van der Waals surface area contributed by atoms with Crippen LogP contribution in [-0.4, -0.2) is 27.5 Å². The fraction of sp³-hybridized carbons (Fsp3) is 0.571. The lowest BCUT2D eigenvalue weighted by atomic mass is 9.88. The number of allylic oxidation sites excluding steroid dienone is 1. The summed E-state index contributed by atoms with van der Waals surface area (Å²) in [6.07, 6.45) is 9.13. The largest absolute Gasteiger partial charge is 0.341 e. The molecule has 0 amide bonds. The van der Waals surface area contributed by atoms with Gasteiger partial charge < -0.3 is 4.90 Å². The molecule has 2 rings (SSSR count). The zero-order chi connectivity index (χ0) is 13.7. The maximum Gasteiger partial charge on any atom is 0.225 e. The van der Waals surface area contributed by atoms with E-state index < -0.39 is 0 Å². The molecule has 1 atom stereocenters. The third-order valence-electron chi connectivity index (χ3n) is 3.67. The van der Waals surface area contributed by atoms with Crippen LogP contribution in [0.4, 0.5) is 5.95 Å². The van der Waals surface area contributed by atoms with Crippen molar-refractivity contribution in [2.24, 2.45) is 11.8 Å². The minimum Gasteiger partial charge on any atom is -0.341 e. The summed E-state index contributed by atoms with van der Waals surface area (Å²) in [4.78, 5) is 10.8. The Morgan fingerprint density at radius 1 is 1.42 bits per heavy atom. The van der Waals surface area contributed by atoms with Crippen molar-refractivity contribution in [3.63, 3.8) is 0 Å². The molecule has 104 valence electrons. The maximum atomic E-state index is 5.81. The number of piperidine rings is 1. The molecule has 2 heterocycles. The molecule has 1 aliphatic heterocycles. The molecule has 1 fully saturated rings. The first-order chi connectivity index (χ1) is 9.22. The van der Waals surface area contributed by atoms with Crippen molar-refractivity contribution < 1.29 is 0 Å². The summed E-state index contributed by atoms with van der Waals surface area (Å²) >= 11 is 8.26. The van der Waals surface area contributed by atoms with E-state index in [2.05, 4.69) is 50.1 Å². The molecule has 19 heavy (non-hydrogen) atoms.